The van der Waals surface area contributed by atoms with Crippen LogP contribution in [-0.2, 0) is 0 Å². The van der Waals surface area contributed by atoms with Crippen LogP contribution < -0.4 is 5.73 Å². The summed E-state index contributed by atoms with van der Waals surface area (Å²) in [6.45, 7) is -0.359. The Bertz CT molecular complexity index is 354. The lowest BCUT2D eigenvalue weighted by Crippen LogP contribution is -2.15. The van der Waals surface area contributed by atoms with Crippen LogP contribution in [0.25, 0.3) is 0 Å². The van der Waals surface area contributed by atoms with Gasteiger partial charge < -0.3 is 15.9 Å². The summed E-state index contributed by atoms with van der Waals surface area (Å²) < 4.78 is 12.9. The van der Waals surface area contributed by atoms with Crippen LogP contribution in [0.1, 0.15) is 22.0 Å². The average Bonchev–Trinajstić information content (AvgIpc) is 2.15. The molecule has 0 aliphatic rings. The molecule has 0 aliphatic heterocycles. The minimum atomic E-state index is -1.23. The van der Waals surface area contributed by atoms with E-state index in [-0.39, 0.29) is 17.7 Å². The zero-order chi connectivity index (χ0) is 10.7. The number of hydrogen-bond donors (Lipinski definition) is 3. The Kier molecular flexibility index (Phi) is 3.16. The maximum absolute atomic E-state index is 12.9. The molecule has 0 bridgehead atoms. The van der Waals surface area contributed by atoms with Crippen LogP contribution in [-0.4, -0.2) is 22.8 Å². The van der Waals surface area contributed by atoms with Crippen molar-refractivity contribution < 1.29 is 19.4 Å². The van der Waals surface area contributed by atoms with E-state index >= 15 is 0 Å². The van der Waals surface area contributed by atoms with E-state index < -0.39 is 17.8 Å². The lowest BCUT2D eigenvalue weighted by Gasteiger charge is -2.09. The minimum Gasteiger partial charge on any atom is -0.478 e. The van der Waals surface area contributed by atoms with Crippen molar-refractivity contribution in [1.82, 2.24) is 0 Å². The molecule has 1 aromatic carbocycles. The predicted molar refractivity (Wildman–Crippen MR) is 47.4 cm³/mol. The molecule has 14 heavy (non-hydrogen) atoms. The van der Waals surface area contributed by atoms with E-state index in [9.17, 15) is 9.18 Å². The smallest absolute Gasteiger partial charge is 0.335 e. The van der Waals surface area contributed by atoms with Gasteiger partial charge in [0.15, 0.2) is 0 Å². The number of benzene rings is 1. The Balaban J connectivity index is 3.13. The van der Waals surface area contributed by atoms with Gasteiger partial charge in [-0.3, -0.25) is 0 Å². The molecule has 0 spiro atoms. The van der Waals surface area contributed by atoms with E-state index in [1.54, 1.807) is 0 Å². The van der Waals surface area contributed by atoms with Gasteiger partial charge in [-0.15, -0.1) is 0 Å². The molecule has 1 aromatic rings. The van der Waals surface area contributed by atoms with Gasteiger partial charge in [-0.1, -0.05) is 0 Å². The number of halogens is 1. The fraction of sp³-hybridized carbons (Fsp3) is 0.222. The Labute approximate surface area is 79.8 Å². The number of hydrogen-bond acceptors (Lipinski definition) is 3. The summed E-state index contributed by atoms with van der Waals surface area (Å²) >= 11 is 0. The van der Waals surface area contributed by atoms with Crippen molar-refractivity contribution in [2.75, 3.05) is 6.61 Å². The monoisotopic (exact) mass is 199 g/mol. The average molecular weight is 199 g/mol. The highest BCUT2D eigenvalue weighted by Gasteiger charge is 2.11. The highest BCUT2D eigenvalue weighted by molar-refractivity contribution is 5.87. The summed E-state index contributed by atoms with van der Waals surface area (Å²) in [5, 5.41) is 17.3. The third-order valence-electron chi connectivity index (χ3n) is 1.79. The number of rotatable bonds is 3. The Morgan fingerprint density at radius 3 is 2.64 bits per heavy atom. The molecule has 0 unspecified atom stereocenters. The number of carboxylic acid groups (broad SMARTS) is 1. The fourth-order valence-corrected chi connectivity index (χ4v) is 1.06. The molecule has 0 saturated heterocycles. The molecule has 5 heteroatoms. The summed E-state index contributed by atoms with van der Waals surface area (Å²) in [7, 11) is 0. The van der Waals surface area contributed by atoms with E-state index in [1.807, 2.05) is 0 Å². The van der Waals surface area contributed by atoms with Gasteiger partial charge in [0, 0.05) is 0 Å². The second-order valence-electron chi connectivity index (χ2n) is 2.87. The van der Waals surface area contributed by atoms with Gasteiger partial charge in [0.05, 0.1) is 18.2 Å². The molecule has 1 atom stereocenters. The van der Waals surface area contributed by atoms with Gasteiger partial charge in [0.1, 0.15) is 5.82 Å². The first-order chi connectivity index (χ1) is 6.54. The van der Waals surface area contributed by atoms with E-state index in [0.717, 1.165) is 12.1 Å². The summed E-state index contributed by atoms with van der Waals surface area (Å²) in [4.78, 5) is 10.5. The summed E-state index contributed by atoms with van der Waals surface area (Å²) in [6, 6.07) is 2.49. The summed E-state index contributed by atoms with van der Waals surface area (Å²) in [5.41, 5.74) is 5.51. The molecule has 0 aromatic heterocycles. The number of aliphatic hydroxyl groups excluding tert-OH is 1. The quantitative estimate of drug-likeness (QED) is 0.662. The SMILES string of the molecule is N[C@H](CO)c1cc(F)cc(C(=O)O)c1. The van der Waals surface area contributed by atoms with Crippen molar-refractivity contribution in [3.05, 3.63) is 35.1 Å². The highest BCUT2D eigenvalue weighted by Crippen LogP contribution is 2.14. The molecule has 0 aliphatic carbocycles. The Morgan fingerprint density at radius 2 is 2.14 bits per heavy atom. The largest absolute Gasteiger partial charge is 0.478 e. The molecule has 0 saturated carbocycles. The van der Waals surface area contributed by atoms with Gasteiger partial charge in [0.2, 0.25) is 0 Å². The molecule has 76 valence electrons. The number of carbonyl (C=O) groups is 1. The van der Waals surface area contributed by atoms with Crippen LogP contribution in [0.2, 0.25) is 0 Å². The molecule has 0 radical (unpaired) electrons. The van der Waals surface area contributed by atoms with Gasteiger partial charge in [-0.2, -0.15) is 0 Å². The van der Waals surface area contributed by atoms with Gasteiger partial charge in [-0.05, 0) is 23.8 Å². The zero-order valence-corrected chi connectivity index (χ0v) is 7.27. The van der Waals surface area contributed by atoms with Gasteiger partial charge in [0.25, 0.3) is 0 Å². The number of carboxylic acids is 1. The molecule has 4 nitrogen and oxygen atoms in total. The standard InChI is InChI=1S/C9H10FNO3/c10-7-2-5(8(11)4-12)1-6(3-7)9(13)14/h1-3,8,12H,4,11H2,(H,13,14)/t8-/m1/s1. The van der Waals surface area contributed by atoms with Crippen molar-refractivity contribution in [3.8, 4) is 0 Å². The first kappa shape index (κ1) is 10.6. The fourth-order valence-electron chi connectivity index (χ4n) is 1.06. The maximum Gasteiger partial charge on any atom is 0.335 e. The molecule has 0 amide bonds. The Hall–Kier alpha value is -1.46. The molecule has 4 N–H and O–H groups in total. The maximum atomic E-state index is 12.9. The van der Waals surface area contributed by atoms with Crippen molar-refractivity contribution in [2.24, 2.45) is 5.73 Å². The van der Waals surface area contributed by atoms with Crippen LogP contribution in [0.4, 0.5) is 4.39 Å². The second-order valence-corrected chi connectivity index (χ2v) is 2.87. The van der Waals surface area contributed by atoms with E-state index in [2.05, 4.69) is 0 Å². The minimum absolute atomic E-state index is 0.177. The number of nitrogens with two attached hydrogens (primary N) is 1. The molecular formula is C9H10FNO3. The van der Waals surface area contributed by atoms with E-state index in [1.165, 1.54) is 6.07 Å². The van der Waals surface area contributed by atoms with E-state index in [4.69, 9.17) is 15.9 Å². The van der Waals surface area contributed by atoms with Crippen LogP contribution in [0.5, 0.6) is 0 Å². The lowest BCUT2D eigenvalue weighted by atomic mass is 10.0. The predicted octanol–water partition coefficient (Wildman–Crippen LogP) is 0.516. The van der Waals surface area contributed by atoms with Crippen LogP contribution >= 0.6 is 0 Å². The second kappa shape index (κ2) is 4.17. The number of aromatic carboxylic acids is 1. The van der Waals surface area contributed by atoms with Crippen LogP contribution in [0.15, 0.2) is 18.2 Å². The molecular weight excluding hydrogens is 189 g/mol. The molecule has 1 rings (SSSR count). The number of aliphatic hydroxyl groups is 1. The van der Waals surface area contributed by atoms with Gasteiger partial charge in [-0.25, -0.2) is 9.18 Å². The van der Waals surface area contributed by atoms with Crippen molar-refractivity contribution in [1.29, 1.82) is 0 Å². The third-order valence-corrected chi connectivity index (χ3v) is 1.79. The lowest BCUT2D eigenvalue weighted by molar-refractivity contribution is 0.0696. The summed E-state index contributed by atoms with van der Waals surface area (Å²) in [5.74, 6) is -1.90. The van der Waals surface area contributed by atoms with E-state index in [0.29, 0.717) is 0 Å². The van der Waals surface area contributed by atoms with Crippen LogP contribution in [0, 0.1) is 5.82 Å². The molecule has 0 fully saturated rings. The third kappa shape index (κ3) is 2.27. The van der Waals surface area contributed by atoms with Crippen LogP contribution in [0.3, 0.4) is 0 Å². The van der Waals surface area contributed by atoms with Gasteiger partial charge >= 0.3 is 5.97 Å². The zero-order valence-electron chi connectivity index (χ0n) is 7.27. The first-order valence-corrected chi connectivity index (χ1v) is 3.95. The normalized spacial score (nSPS) is 12.5. The first-order valence-electron chi connectivity index (χ1n) is 3.95. The van der Waals surface area contributed by atoms with Crippen molar-refractivity contribution in [2.45, 2.75) is 6.04 Å². The summed E-state index contributed by atoms with van der Waals surface area (Å²) in [6.07, 6.45) is 0. The topological polar surface area (TPSA) is 83.5 Å². The Morgan fingerprint density at radius 1 is 1.50 bits per heavy atom. The highest BCUT2D eigenvalue weighted by atomic mass is 19.1. The molecule has 0 heterocycles. The van der Waals surface area contributed by atoms with Crippen molar-refractivity contribution in [3.63, 3.8) is 0 Å². The van der Waals surface area contributed by atoms with Crippen molar-refractivity contribution >= 4 is 5.97 Å².